The van der Waals surface area contributed by atoms with Gasteiger partial charge in [0.05, 0.1) is 7.11 Å². The minimum atomic E-state index is -1.30. The third kappa shape index (κ3) is 3.78. The summed E-state index contributed by atoms with van der Waals surface area (Å²) >= 11 is 0. The number of piperazine rings is 1. The van der Waals surface area contributed by atoms with Crippen molar-refractivity contribution in [3.63, 3.8) is 0 Å². The van der Waals surface area contributed by atoms with Crippen molar-refractivity contribution in [2.75, 3.05) is 43.1 Å². The number of methoxy groups -OCH3 is 1. The van der Waals surface area contributed by atoms with Crippen LogP contribution in [0.1, 0.15) is 41.7 Å². The molecule has 0 bridgehead atoms. The number of hydrogen-bond acceptors (Lipinski definition) is 5. The molecule has 0 amide bonds. The Balaban J connectivity index is 1.43. The fourth-order valence-electron chi connectivity index (χ4n) is 6.75. The van der Waals surface area contributed by atoms with Gasteiger partial charge in [-0.05, 0) is 91.9 Å². The third-order valence-corrected chi connectivity index (χ3v) is 9.02. The summed E-state index contributed by atoms with van der Waals surface area (Å²) in [5.41, 5.74) is 5.53. The topological polar surface area (TPSA) is 45.2 Å². The largest absolute Gasteiger partial charge is 0.497 e. The van der Waals surface area contributed by atoms with Crippen molar-refractivity contribution in [2.45, 2.75) is 45.8 Å². The highest BCUT2D eigenvalue weighted by molar-refractivity contribution is 5.88. The van der Waals surface area contributed by atoms with Gasteiger partial charge >= 0.3 is 0 Å². The van der Waals surface area contributed by atoms with Crippen molar-refractivity contribution < 1.29 is 14.6 Å². The van der Waals surface area contributed by atoms with E-state index in [0.717, 1.165) is 70.7 Å². The van der Waals surface area contributed by atoms with Gasteiger partial charge < -0.3 is 24.4 Å². The van der Waals surface area contributed by atoms with Gasteiger partial charge in [-0.1, -0.05) is 42.5 Å². The summed E-state index contributed by atoms with van der Waals surface area (Å²) < 4.78 is 12.0. The maximum atomic E-state index is 12.8. The monoisotopic (exact) mass is 522 g/mol. The molecule has 6 rings (SSSR count). The Bertz CT molecular complexity index is 1550. The van der Waals surface area contributed by atoms with Crippen molar-refractivity contribution in [3.8, 4) is 11.5 Å². The molecule has 2 aliphatic rings. The lowest BCUT2D eigenvalue weighted by molar-refractivity contribution is -0.0635. The minimum Gasteiger partial charge on any atom is -0.497 e. The maximum Gasteiger partial charge on any atom is 0.158 e. The van der Waals surface area contributed by atoms with Crippen LogP contribution in [0.5, 0.6) is 11.5 Å². The molecule has 2 heterocycles. The Morgan fingerprint density at radius 3 is 2.10 bits per heavy atom. The number of ether oxygens (including phenoxy) is 2. The van der Waals surface area contributed by atoms with E-state index in [1.165, 1.54) is 16.9 Å². The number of benzene rings is 4. The molecule has 1 fully saturated rings. The Hall–Kier alpha value is -3.70. The first-order valence-electron chi connectivity index (χ1n) is 13.8. The van der Waals surface area contributed by atoms with Crippen LogP contribution in [0.25, 0.3) is 10.8 Å². The van der Waals surface area contributed by atoms with Crippen LogP contribution >= 0.6 is 0 Å². The van der Waals surface area contributed by atoms with Crippen LogP contribution in [0, 0.1) is 20.8 Å². The molecule has 2 aliphatic heterocycles. The first kappa shape index (κ1) is 25.6. The molecule has 0 radical (unpaired) electrons. The summed E-state index contributed by atoms with van der Waals surface area (Å²) in [5.74, 6) is 1.70. The molecule has 0 aliphatic carbocycles. The maximum absolute atomic E-state index is 12.8. The van der Waals surface area contributed by atoms with Gasteiger partial charge in [-0.15, -0.1) is 0 Å². The molecule has 0 aromatic heterocycles. The molecule has 5 heteroatoms. The van der Waals surface area contributed by atoms with Crippen LogP contribution in [-0.4, -0.2) is 44.0 Å². The molecule has 4 aromatic rings. The second-order valence-electron chi connectivity index (χ2n) is 11.4. The van der Waals surface area contributed by atoms with Crippen molar-refractivity contribution in [3.05, 3.63) is 94.5 Å². The van der Waals surface area contributed by atoms with E-state index in [4.69, 9.17) is 9.47 Å². The highest BCUT2D eigenvalue weighted by Gasteiger charge is 2.57. The van der Waals surface area contributed by atoms with Crippen LogP contribution < -0.4 is 19.3 Å². The number of aliphatic hydroxyl groups is 1. The number of anilines is 2. The molecule has 1 atom stereocenters. The van der Waals surface area contributed by atoms with Gasteiger partial charge in [0, 0.05) is 43.1 Å². The van der Waals surface area contributed by atoms with Crippen molar-refractivity contribution in [1.82, 2.24) is 0 Å². The molecule has 0 saturated carbocycles. The van der Waals surface area contributed by atoms with Gasteiger partial charge in [-0.3, -0.25) is 0 Å². The number of hydrogen-bond donors (Lipinski definition) is 1. The van der Waals surface area contributed by atoms with E-state index in [1.54, 1.807) is 7.11 Å². The van der Waals surface area contributed by atoms with Crippen molar-refractivity contribution >= 4 is 22.1 Å². The first-order chi connectivity index (χ1) is 18.7. The molecular formula is C34H38N2O3. The zero-order valence-corrected chi connectivity index (χ0v) is 23.8. The summed E-state index contributed by atoms with van der Waals surface area (Å²) in [5, 5.41) is 15.0. The first-order valence-corrected chi connectivity index (χ1v) is 13.8. The lowest BCUT2D eigenvalue weighted by atomic mass is 9.72. The van der Waals surface area contributed by atoms with Crippen LogP contribution in [0.15, 0.2) is 66.7 Å². The Labute approximate surface area is 231 Å². The lowest BCUT2D eigenvalue weighted by Crippen LogP contribution is -2.48. The molecule has 202 valence electrons. The molecule has 1 saturated heterocycles. The molecule has 5 nitrogen and oxygen atoms in total. The Morgan fingerprint density at radius 2 is 1.41 bits per heavy atom. The average molecular weight is 523 g/mol. The highest BCUT2D eigenvalue weighted by atomic mass is 16.5. The van der Waals surface area contributed by atoms with Gasteiger partial charge in [0.15, 0.2) is 5.60 Å². The average Bonchev–Trinajstić information content (AvgIpc) is 3.18. The second-order valence-corrected chi connectivity index (χ2v) is 11.4. The quantitative estimate of drug-likeness (QED) is 0.331. The molecular weight excluding hydrogens is 484 g/mol. The van der Waals surface area contributed by atoms with Crippen molar-refractivity contribution in [1.29, 1.82) is 0 Å². The van der Waals surface area contributed by atoms with Crippen molar-refractivity contribution in [2.24, 2.45) is 0 Å². The number of nitrogens with zero attached hydrogens (tertiary/aromatic N) is 2. The number of rotatable bonds is 4. The highest BCUT2D eigenvalue weighted by Crippen LogP contribution is 2.57. The Kier molecular flexibility index (Phi) is 6.03. The molecule has 1 unspecified atom stereocenters. The van der Waals surface area contributed by atoms with E-state index in [1.807, 2.05) is 44.2 Å². The molecule has 4 aromatic carbocycles. The lowest BCUT2D eigenvalue weighted by Gasteiger charge is -2.40. The molecule has 39 heavy (non-hydrogen) atoms. The smallest absolute Gasteiger partial charge is 0.158 e. The van der Waals surface area contributed by atoms with Gasteiger partial charge in [0.25, 0.3) is 0 Å². The molecule has 1 N–H and O–H groups in total. The van der Waals surface area contributed by atoms with E-state index >= 15 is 0 Å². The van der Waals surface area contributed by atoms with Crippen LogP contribution in [0.4, 0.5) is 11.4 Å². The van der Waals surface area contributed by atoms with Crippen LogP contribution in [0.3, 0.4) is 0 Å². The van der Waals surface area contributed by atoms with E-state index < -0.39 is 11.2 Å². The fraction of sp³-hybridized carbons (Fsp3) is 0.353. The van der Waals surface area contributed by atoms with E-state index in [9.17, 15) is 5.11 Å². The zero-order valence-electron chi connectivity index (χ0n) is 23.8. The third-order valence-electron chi connectivity index (χ3n) is 9.02. The summed E-state index contributed by atoms with van der Waals surface area (Å²) in [6.07, 6.45) is 0. The minimum absolute atomic E-state index is 0.825. The predicted molar refractivity (Wildman–Crippen MR) is 160 cm³/mol. The van der Waals surface area contributed by atoms with Gasteiger partial charge in [-0.25, -0.2) is 0 Å². The van der Waals surface area contributed by atoms with E-state index in [0.29, 0.717) is 0 Å². The summed E-state index contributed by atoms with van der Waals surface area (Å²) in [7, 11) is 1.70. The summed E-state index contributed by atoms with van der Waals surface area (Å²) in [4.78, 5) is 4.92. The summed E-state index contributed by atoms with van der Waals surface area (Å²) in [6, 6.07) is 22.8. The van der Waals surface area contributed by atoms with E-state index in [-0.39, 0.29) is 0 Å². The van der Waals surface area contributed by atoms with Gasteiger partial charge in [0.1, 0.15) is 17.1 Å². The van der Waals surface area contributed by atoms with Crippen LogP contribution in [-0.2, 0) is 5.60 Å². The van der Waals surface area contributed by atoms with E-state index in [2.05, 4.69) is 67.0 Å². The molecule has 0 spiro atoms. The number of fused-ring (bicyclic) bond motifs is 2. The van der Waals surface area contributed by atoms with Gasteiger partial charge in [-0.2, -0.15) is 0 Å². The second kappa shape index (κ2) is 9.20. The Morgan fingerprint density at radius 1 is 0.769 bits per heavy atom. The summed E-state index contributed by atoms with van der Waals surface area (Å²) in [6.45, 7) is 14.2. The fourth-order valence-corrected chi connectivity index (χ4v) is 6.75. The van der Waals surface area contributed by atoms with Crippen LogP contribution in [0.2, 0.25) is 0 Å². The normalized spacial score (nSPS) is 20.2. The van der Waals surface area contributed by atoms with Gasteiger partial charge in [0.2, 0.25) is 0 Å². The predicted octanol–water partition coefficient (Wildman–Crippen LogP) is 6.51. The standard InChI is InChI=1S/C34H38N2O3/c1-22-23(2)32-30(34(37,33(4,5)39-32)29-13-9-11-25-10-7-8-12-28(25)29)24(3)31(22)36-20-18-35(19-21-36)26-14-16-27(38-6)17-15-26/h7-17,37H,18-21H2,1-6H3. The SMILES string of the molecule is COc1ccc(N2CCN(c3c(C)c(C)c4c(c3C)C(O)(c3cccc5ccccc35)C(C)(C)O4)CC2)cc1. The zero-order chi connectivity index (χ0) is 27.5.